The lowest BCUT2D eigenvalue weighted by molar-refractivity contribution is 0.0526. The average Bonchev–Trinajstić information content (AvgIpc) is 3.01. The molecule has 1 aromatic heterocycles. The van der Waals surface area contributed by atoms with E-state index in [1.807, 2.05) is 36.4 Å². The zero-order valence-electron chi connectivity index (χ0n) is 12.5. The Morgan fingerprint density at radius 1 is 1.26 bits per heavy atom. The summed E-state index contributed by atoms with van der Waals surface area (Å²) in [6, 6.07) is 13.0. The van der Waals surface area contributed by atoms with Crippen molar-refractivity contribution in [2.45, 2.75) is 13.5 Å². The number of benzene rings is 2. The van der Waals surface area contributed by atoms with Crippen LogP contribution in [0.3, 0.4) is 0 Å². The molecule has 3 rings (SSSR count). The Labute approximate surface area is 143 Å². The maximum absolute atomic E-state index is 11.9. The number of esters is 1. The summed E-state index contributed by atoms with van der Waals surface area (Å²) in [6.07, 6.45) is 0. The summed E-state index contributed by atoms with van der Waals surface area (Å²) < 4.78 is 6.06. The van der Waals surface area contributed by atoms with Crippen LogP contribution in [0.15, 0.2) is 42.5 Å². The Morgan fingerprint density at radius 3 is 2.83 bits per heavy atom. The van der Waals surface area contributed by atoms with E-state index in [2.05, 4.69) is 0 Å². The van der Waals surface area contributed by atoms with Crippen LogP contribution in [-0.4, -0.2) is 17.7 Å². The second-order valence-electron chi connectivity index (χ2n) is 5.01. The van der Waals surface area contributed by atoms with Crippen LogP contribution in [0.1, 0.15) is 22.2 Å². The van der Waals surface area contributed by atoms with Crippen LogP contribution in [0.25, 0.3) is 21.2 Å². The number of hydrogen-bond donors (Lipinski definition) is 1. The minimum atomic E-state index is -0.332. The molecule has 0 amide bonds. The number of carbonyl (C=O) groups excluding carboxylic acids is 1. The number of fused-ring (bicyclic) bond motifs is 1. The van der Waals surface area contributed by atoms with Crippen molar-refractivity contribution in [1.82, 2.24) is 0 Å². The predicted octanol–water partition coefficient (Wildman–Crippen LogP) is 4.89. The van der Waals surface area contributed by atoms with Crippen LogP contribution < -0.4 is 0 Å². The molecule has 0 saturated carbocycles. The molecule has 0 unspecified atom stereocenters. The Morgan fingerprint density at radius 2 is 2.09 bits per heavy atom. The topological polar surface area (TPSA) is 46.5 Å². The molecule has 5 heteroatoms. The SMILES string of the molecule is CCOC(=O)c1cccc(-c2ccc(Cl)c3cc(CO)sc23)c1. The van der Waals surface area contributed by atoms with Gasteiger partial charge < -0.3 is 9.84 Å². The lowest BCUT2D eigenvalue weighted by Gasteiger charge is -2.07. The van der Waals surface area contributed by atoms with Gasteiger partial charge in [0, 0.05) is 20.0 Å². The normalized spacial score (nSPS) is 10.9. The van der Waals surface area contributed by atoms with Gasteiger partial charge in [0.1, 0.15) is 0 Å². The van der Waals surface area contributed by atoms with E-state index in [0.29, 0.717) is 17.2 Å². The first kappa shape index (κ1) is 16.0. The van der Waals surface area contributed by atoms with Gasteiger partial charge in [-0.25, -0.2) is 4.79 Å². The Balaban J connectivity index is 2.13. The van der Waals surface area contributed by atoms with E-state index in [9.17, 15) is 9.90 Å². The number of hydrogen-bond acceptors (Lipinski definition) is 4. The van der Waals surface area contributed by atoms with Gasteiger partial charge in [-0.3, -0.25) is 0 Å². The van der Waals surface area contributed by atoms with Gasteiger partial charge in [-0.2, -0.15) is 0 Å². The molecule has 1 heterocycles. The Hall–Kier alpha value is -1.88. The molecule has 23 heavy (non-hydrogen) atoms. The maximum atomic E-state index is 11.9. The molecule has 0 fully saturated rings. The molecule has 1 N–H and O–H groups in total. The Kier molecular flexibility index (Phi) is 4.66. The molecule has 0 aliphatic rings. The molecule has 0 aliphatic heterocycles. The summed E-state index contributed by atoms with van der Waals surface area (Å²) in [5.41, 5.74) is 2.43. The first-order chi connectivity index (χ1) is 11.1. The maximum Gasteiger partial charge on any atom is 0.338 e. The molecule has 118 valence electrons. The van der Waals surface area contributed by atoms with Crippen molar-refractivity contribution in [1.29, 1.82) is 0 Å². The summed E-state index contributed by atoms with van der Waals surface area (Å²) in [5, 5.41) is 10.9. The first-order valence-corrected chi connectivity index (χ1v) is 8.42. The van der Waals surface area contributed by atoms with Crippen molar-refractivity contribution in [3.8, 4) is 11.1 Å². The van der Waals surface area contributed by atoms with Gasteiger partial charge in [0.15, 0.2) is 0 Å². The lowest BCUT2D eigenvalue weighted by atomic mass is 10.0. The highest BCUT2D eigenvalue weighted by atomic mass is 35.5. The average molecular weight is 347 g/mol. The van der Waals surface area contributed by atoms with Gasteiger partial charge in [-0.05, 0) is 42.3 Å². The highest BCUT2D eigenvalue weighted by Crippen LogP contribution is 2.39. The van der Waals surface area contributed by atoms with Crippen LogP contribution in [0, 0.1) is 0 Å². The summed E-state index contributed by atoms with van der Waals surface area (Å²) in [7, 11) is 0. The van der Waals surface area contributed by atoms with Crippen LogP contribution in [0.4, 0.5) is 0 Å². The minimum absolute atomic E-state index is 0.0159. The zero-order valence-corrected chi connectivity index (χ0v) is 14.1. The smallest absolute Gasteiger partial charge is 0.338 e. The highest BCUT2D eigenvalue weighted by molar-refractivity contribution is 7.19. The van der Waals surface area contributed by atoms with Gasteiger partial charge in [0.25, 0.3) is 0 Å². The quantitative estimate of drug-likeness (QED) is 0.684. The Bertz CT molecular complexity index is 870. The summed E-state index contributed by atoms with van der Waals surface area (Å²) in [5.74, 6) is -0.332. The molecule has 3 aromatic rings. The molecular weight excluding hydrogens is 332 g/mol. The molecule has 0 aliphatic carbocycles. The lowest BCUT2D eigenvalue weighted by Crippen LogP contribution is -2.04. The number of aliphatic hydroxyl groups excluding tert-OH is 1. The minimum Gasteiger partial charge on any atom is -0.462 e. The first-order valence-electron chi connectivity index (χ1n) is 7.23. The van der Waals surface area contributed by atoms with Gasteiger partial charge >= 0.3 is 5.97 Å². The number of carbonyl (C=O) groups is 1. The van der Waals surface area contributed by atoms with Crippen LogP contribution in [-0.2, 0) is 11.3 Å². The fourth-order valence-electron chi connectivity index (χ4n) is 2.47. The standard InChI is InChI=1S/C18H15ClO3S/c1-2-22-18(21)12-5-3-4-11(8-12)14-6-7-16(19)15-9-13(10-20)23-17(14)15/h3-9,20H,2,10H2,1H3. The number of thiophene rings is 1. The number of rotatable bonds is 4. The third kappa shape index (κ3) is 3.11. The van der Waals surface area contributed by atoms with E-state index < -0.39 is 0 Å². The molecule has 0 atom stereocenters. The number of ether oxygens (including phenoxy) is 1. The summed E-state index contributed by atoms with van der Waals surface area (Å²) in [6.45, 7) is 2.11. The predicted molar refractivity (Wildman–Crippen MR) is 94.2 cm³/mol. The molecule has 0 bridgehead atoms. The van der Waals surface area contributed by atoms with E-state index >= 15 is 0 Å². The molecule has 0 spiro atoms. The summed E-state index contributed by atoms with van der Waals surface area (Å²) in [4.78, 5) is 12.8. The van der Waals surface area contributed by atoms with E-state index in [-0.39, 0.29) is 12.6 Å². The van der Waals surface area contributed by atoms with Gasteiger partial charge in [0.05, 0.1) is 18.8 Å². The zero-order chi connectivity index (χ0) is 16.4. The van der Waals surface area contributed by atoms with Crippen molar-refractivity contribution in [2.24, 2.45) is 0 Å². The monoisotopic (exact) mass is 346 g/mol. The van der Waals surface area contributed by atoms with E-state index in [1.165, 1.54) is 11.3 Å². The molecule has 0 radical (unpaired) electrons. The molecular formula is C18H15ClO3S. The highest BCUT2D eigenvalue weighted by Gasteiger charge is 2.13. The van der Waals surface area contributed by atoms with Gasteiger partial charge in [-0.15, -0.1) is 11.3 Å². The van der Waals surface area contributed by atoms with Crippen molar-refractivity contribution < 1.29 is 14.6 Å². The summed E-state index contributed by atoms with van der Waals surface area (Å²) >= 11 is 7.77. The van der Waals surface area contributed by atoms with Crippen LogP contribution >= 0.6 is 22.9 Å². The molecule has 0 saturated heterocycles. The third-order valence-corrected chi connectivity index (χ3v) is 5.00. The van der Waals surface area contributed by atoms with Crippen molar-refractivity contribution >= 4 is 39.0 Å². The van der Waals surface area contributed by atoms with Gasteiger partial charge in [0.2, 0.25) is 0 Å². The molecule has 3 nitrogen and oxygen atoms in total. The second kappa shape index (κ2) is 6.71. The van der Waals surface area contributed by atoms with Crippen LogP contribution in [0.2, 0.25) is 5.02 Å². The number of halogens is 1. The molecule has 2 aromatic carbocycles. The van der Waals surface area contributed by atoms with Crippen molar-refractivity contribution in [3.05, 3.63) is 57.9 Å². The van der Waals surface area contributed by atoms with Crippen LogP contribution in [0.5, 0.6) is 0 Å². The van der Waals surface area contributed by atoms with Crippen molar-refractivity contribution in [3.63, 3.8) is 0 Å². The third-order valence-electron chi connectivity index (χ3n) is 3.52. The van der Waals surface area contributed by atoms with E-state index in [4.69, 9.17) is 16.3 Å². The van der Waals surface area contributed by atoms with E-state index in [1.54, 1.807) is 13.0 Å². The largest absolute Gasteiger partial charge is 0.462 e. The van der Waals surface area contributed by atoms with E-state index in [0.717, 1.165) is 26.1 Å². The fourth-order valence-corrected chi connectivity index (χ4v) is 3.82. The fraction of sp³-hybridized carbons (Fsp3) is 0.167. The van der Waals surface area contributed by atoms with Gasteiger partial charge in [-0.1, -0.05) is 29.8 Å². The second-order valence-corrected chi connectivity index (χ2v) is 6.55. The number of aliphatic hydroxyl groups is 1. The van der Waals surface area contributed by atoms with Crippen molar-refractivity contribution in [2.75, 3.05) is 6.61 Å².